The Kier molecular flexibility index (Phi) is 13.2. The molecule has 0 spiro atoms. The van der Waals surface area contributed by atoms with E-state index in [1.165, 1.54) is 0 Å². The third-order valence-corrected chi connectivity index (χ3v) is 9.45. The molecule has 0 radical (unpaired) electrons. The number of hydrogen-bond donors (Lipinski definition) is 3. The van der Waals surface area contributed by atoms with Crippen LogP contribution in [0.15, 0.2) is 60.7 Å². The monoisotopic (exact) mass is 697 g/mol. The van der Waals surface area contributed by atoms with Crippen LogP contribution in [0.3, 0.4) is 0 Å². The van der Waals surface area contributed by atoms with E-state index in [0.717, 1.165) is 80.2 Å². The maximum atomic E-state index is 13.2. The first-order valence-electron chi connectivity index (χ1n) is 16.4. The van der Waals surface area contributed by atoms with Gasteiger partial charge in [-0.05, 0) is 35.7 Å². The molecule has 2 saturated heterocycles. The second-order valence-electron chi connectivity index (χ2n) is 11.8. The summed E-state index contributed by atoms with van der Waals surface area (Å²) in [6.07, 6.45) is -0.283. The van der Waals surface area contributed by atoms with Crippen LogP contribution in [0, 0.1) is 0 Å². The van der Waals surface area contributed by atoms with Crippen LogP contribution in [-0.2, 0) is 25.4 Å². The number of rotatable bonds is 13. The number of esters is 1. The topological polar surface area (TPSA) is 104 Å². The molecule has 2 unspecified atom stereocenters. The Morgan fingerprint density at radius 1 is 0.792 bits per heavy atom. The summed E-state index contributed by atoms with van der Waals surface area (Å²) < 4.78 is 17.7. The van der Waals surface area contributed by atoms with E-state index in [0.29, 0.717) is 0 Å². The minimum Gasteiger partial charge on any atom is -0.464 e. The molecule has 2 aliphatic heterocycles. The smallest absolute Gasteiger partial charge is 0.328 e. The zero-order valence-electron chi connectivity index (χ0n) is 27.8. The first kappa shape index (κ1) is 36.2. The maximum Gasteiger partial charge on any atom is 0.328 e. The van der Waals surface area contributed by atoms with Gasteiger partial charge in [-0.1, -0.05) is 71.7 Å². The van der Waals surface area contributed by atoms with Gasteiger partial charge in [-0.15, -0.1) is 0 Å². The Morgan fingerprint density at radius 2 is 1.29 bits per heavy atom. The molecule has 3 aromatic rings. The molecule has 3 atom stereocenters. The van der Waals surface area contributed by atoms with Crippen LogP contribution in [-0.4, -0.2) is 101 Å². The van der Waals surface area contributed by atoms with Crippen molar-refractivity contribution < 1.29 is 23.8 Å². The van der Waals surface area contributed by atoms with Crippen LogP contribution in [0.5, 0.6) is 0 Å². The summed E-state index contributed by atoms with van der Waals surface area (Å²) in [4.78, 5) is 31.0. The fourth-order valence-electron chi connectivity index (χ4n) is 6.54. The number of halogens is 2. The second-order valence-corrected chi connectivity index (χ2v) is 12.6. The lowest BCUT2D eigenvalue weighted by atomic mass is 9.90. The molecule has 2 heterocycles. The predicted molar refractivity (Wildman–Crippen MR) is 188 cm³/mol. The molecule has 1 amide bonds. The van der Waals surface area contributed by atoms with Crippen LogP contribution in [0.25, 0.3) is 11.1 Å². The van der Waals surface area contributed by atoms with Crippen molar-refractivity contribution in [2.45, 2.75) is 31.8 Å². The number of piperazine rings is 2. The normalized spacial score (nSPS) is 17.8. The highest BCUT2D eigenvalue weighted by Crippen LogP contribution is 2.39. The number of methoxy groups -OCH3 is 2. The van der Waals surface area contributed by atoms with E-state index >= 15 is 0 Å². The van der Waals surface area contributed by atoms with Crippen molar-refractivity contribution in [1.29, 1.82) is 0 Å². The van der Waals surface area contributed by atoms with Crippen LogP contribution in [0.1, 0.15) is 46.4 Å². The van der Waals surface area contributed by atoms with Gasteiger partial charge in [0.25, 0.3) is 5.91 Å². The number of hydrogen-bond acceptors (Lipinski definition) is 9. The number of carbonyl (C=O) groups is 2. The molecular formula is C36H45Cl2N5O5. The van der Waals surface area contributed by atoms with Crippen molar-refractivity contribution in [1.82, 2.24) is 25.8 Å². The summed E-state index contributed by atoms with van der Waals surface area (Å²) >= 11 is 12.6. The highest BCUT2D eigenvalue weighted by Gasteiger charge is 2.31. The van der Waals surface area contributed by atoms with E-state index in [4.69, 9.17) is 37.4 Å². The molecule has 0 bridgehead atoms. The largest absolute Gasteiger partial charge is 0.464 e. The van der Waals surface area contributed by atoms with E-state index in [-0.39, 0.29) is 41.1 Å². The molecule has 5 rings (SSSR count). The number of amides is 1. The number of benzene rings is 3. The number of nitrogens with one attached hydrogen (secondary N) is 3. The van der Waals surface area contributed by atoms with Gasteiger partial charge in [-0.2, -0.15) is 0 Å². The quantitative estimate of drug-likeness (QED) is 0.220. The summed E-state index contributed by atoms with van der Waals surface area (Å²) in [6, 6.07) is 18.3. The lowest BCUT2D eigenvalue weighted by molar-refractivity contribution is -0.145. The van der Waals surface area contributed by atoms with Crippen molar-refractivity contribution in [3.8, 4) is 11.1 Å². The number of ether oxygens (including phenoxy) is 3. The van der Waals surface area contributed by atoms with Gasteiger partial charge in [0.05, 0.1) is 22.2 Å². The summed E-state index contributed by atoms with van der Waals surface area (Å²) in [5.74, 6) is -1.08. The molecule has 10 nitrogen and oxygen atoms in total. The number of nitrogens with zero attached hydrogens (tertiary/aromatic N) is 2. The molecule has 3 aromatic carbocycles. The Labute approximate surface area is 293 Å². The van der Waals surface area contributed by atoms with E-state index in [1.54, 1.807) is 39.3 Å². The zero-order valence-corrected chi connectivity index (χ0v) is 29.3. The average Bonchev–Trinajstić information content (AvgIpc) is 3.10. The van der Waals surface area contributed by atoms with E-state index in [2.05, 4.69) is 56.1 Å². The summed E-state index contributed by atoms with van der Waals surface area (Å²) in [6.45, 7) is 8.96. The van der Waals surface area contributed by atoms with Crippen molar-refractivity contribution in [3.63, 3.8) is 0 Å². The molecule has 2 aliphatic rings. The van der Waals surface area contributed by atoms with Crippen molar-refractivity contribution in [2.75, 3.05) is 73.2 Å². The number of carbonyl (C=O) groups excluding carboxylic acids is 2. The van der Waals surface area contributed by atoms with Gasteiger partial charge in [0.2, 0.25) is 0 Å². The van der Waals surface area contributed by atoms with Crippen molar-refractivity contribution in [3.05, 3.63) is 93.0 Å². The van der Waals surface area contributed by atoms with E-state index in [9.17, 15) is 9.59 Å². The van der Waals surface area contributed by atoms with Gasteiger partial charge >= 0.3 is 5.97 Å². The first-order valence-corrected chi connectivity index (χ1v) is 17.2. The van der Waals surface area contributed by atoms with Gasteiger partial charge in [0.15, 0.2) is 0 Å². The summed E-state index contributed by atoms with van der Waals surface area (Å²) in [5, 5.41) is 10.1. The molecule has 0 aromatic heterocycles. The fraction of sp³-hybridized carbons (Fsp3) is 0.444. The van der Waals surface area contributed by atoms with Gasteiger partial charge in [0, 0.05) is 84.1 Å². The second kappa shape index (κ2) is 17.6. The molecule has 0 aliphatic carbocycles. The predicted octanol–water partition coefficient (Wildman–Crippen LogP) is 4.67. The maximum absolute atomic E-state index is 13.2. The molecular weight excluding hydrogens is 653 g/mol. The van der Waals surface area contributed by atoms with Crippen molar-refractivity contribution in [2.24, 2.45) is 0 Å². The molecule has 3 N–H and O–H groups in total. The third kappa shape index (κ3) is 8.56. The van der Waals surface area contributed by atoms with Crippen molar-refractivity contribution >= 4 is 35.1 Å². The van der Waals surface area contributed by atoms with Gasteiger partial charge in [0.1, 0.15) is 18.5 Å². The Balaban J connectivity index is 1.49. The first-order chi connectivity index (χ1) is 23.4. The molecule has 12 heteroatoms. The Hall–Kier alpha value is -3.06. The standard InChI is InChI=1S/C36H45Cl2N5O5/c1-4-48-36(45)30(41-33(44)32-28(37)9-6-10-29(32)38)23-24-11-13-25(14-12-24)31-26(34(46-2)42-19-15-39-16-20-42)7-5-8-27(31)35(47-3)43-21-17-40-18-22-43/h5-14,30,34-35,39-40H,4,15-23H2,1-3H3,(H,41,44)/t30-,34?,35?/m0/s1. The molecule has 258 valence electrons. The van der Waals surface area contributed by atoms with E-state index in [1.807, 2.05) is 12.1 Å². The third-order valence-electron chi connectivity index (χ3n) is 8.82. The fourth-order valence-corrected chi connectivity index (χ4v) is 7.11. The minimum atomic E-state index is -0.949. The van der Waals surface area contributed by atoms with Crippen LogP contribution >= 0.6 is 23.2 Å². The summed E-state index contributed by atoms with van der Waals surface area (Å²) in [5.41, 5.74) is 5.15. The lowest BCUT2D eigenvalue weighted by Crippen LogP contribution is -2.46. The van der Waals surface area contributed by atoms with Crippen LogP contribution < -0.4 is 16.0 Å². The highest BCUT2D eigenvalue weighted by molar-refractivity contribution is 6.39. The zero-order chi connectivity index (χ0) is 34.0. The van der Waals surface area contributed by atoms with Gasteiger partial charge in [-0.3, -0.25) is 14.6 Å². The molecule has 0 saturated carbocycles. The molecule has 48 heavy (non-hydrogen) atoms. The minimum absolute atomic E-state index is 0.115. The van der Waals surface area contributed by atoms with Gasteiger partial charge in [-0.25, -0.2) is 4.79 Å². The SMILES string of the molecule is CCOC(=O)[C@H](Cc1ccc(-c2c(C(OC)N3CCNCC3)cccc2C(OC)N2CCNCC2)cc1)NC(=O)c1c(Cl)cccc1Cl. The van der Waals surface area contributed by atoms with Crippen LogP contribution in [0.4, 0.5) is 0 Å². The van der Waals surface area contributed by atoms with Crippen LogP contribution in [0.2, 0.25) is 10.0 Å². The Bertz CT molecular complexity index is 1470. The molecule has 2 fully saturated rings. The Morgan fingerprint density at radius 3 is 1.77 bits per heavy atom. The van der Waals surface area contributed by atoms with E-state index < -0.39 is 17.9 Å². The average molecular weight is 699 g/mol. The summed E-state index contributed by atoms with van der Waals surface area (Å²) in [7, 11) is 3.52. The van der Waals surface area contributed by atoms with Gasteiger partial charge < -0.3 is 30.2 Å². The lowest BCUT2D eigenvalue weighted by Gasteiger charge is -2.38. The highest BCUT2D eigenvalue weighted by atomic mass is 35.5.